The Hall–Kier alpha value is -3.03. The number of ketones is 1. The SMILES string of the molecule is C=C1[C@@H](OC(=O)/C=C/c2ccccc2)CC[C@@]2(C)[C@H]3OC(CC)O[C@@H]3C3=C(C)C(=O)C[C@H]([C@@H](OC(C)=O)[C@H]12)C3(C)C. The van der Waals surface area contributed by atoms with E-state index >= 15 is 0 Å². The molecule has 0 radical (unpaired) electrons. The summed E-state index contributed by atoms with van der Waals surface area (Å²) >= 11 is 0. The molecule has 1 aliphatic heterocycles. The first-order chi connectivity index (χ1) is 19.4. The molecule has 3 fully saturated rings. The van der Waals surface area contributed by atoms with Crippen LogP contribution in [0.2, 0.25) is 0 Å². The Balaban J connectivity index is 1.56. The lowest BCUT2D eigenvalue weighted by Crippen LogP contribution is -2.62. The van der Waals surface area contributed by atoms with E-state index < -0.39 is 59.4 Å². The smallest absolute Gasteiger partial charge is 0.331 e. The number of fused-ring (bicyclic) bond motifs is 6. The van der Waals surface area contributed by atoms with Gasteiger partial charge in [0.25, 0.3) is 0 Å². The largest absolute Gasteiger partial charge is 0.462 e. The Labute approximate surface area is 242 Å². The van der Waals surface area contributed by atoms with Crippen molar-refractivity contribution in [2.75, 3.05) is 0 Å². The van der Waals surface area contributed by atoms with Crippen LogP contribution in [0.25, 0.3) is 6.08 Å². The van der Waals surface area contributed by atoms with E-state index in [0.29, 0.717) is 24.8 Å². The van der Waals surface area contributed by atoms with Gasteiger partial charge in [-0.05, 0) is 60.0 Å². The highest BCUT2D eigenvalue weighted by Gasteiger charge is 2.65. The van der Waals surface area contributed by atoms with Gasteiger partial charge in [-0.1, -0.05) is 64.6 Å². The standard InChI is InChI=1S/C34H42O7/c1-8-27-40-31-28-19(2)24(36)18-23(33(28,5)6)30(38-21(4)35)29-20(3)25(16-17-34(29,7)32(31)41-27)39-26(37)15-14-22-12-10-9-11-13-22/h9-15,23,25,27,29-32H,3,8,16-18H2,1-2,4-7H3/b15-14+/t23-,25+,27?,29+,30-,31-,32+,34-/m1/s1. The molecule has 1 heterocycles. The number of rotatable bonds is 5. The van der Waals surface area contributed by atoms with E-state index in [1.165, 1.54) is 13.0 Å². The van der Waals surface area contributed by atoms with E-state index in [0.717, 1.165) is 16.7 Å². The number of ether oxygens (including phenoxy) is 4. The zero-order chi connectivity index (χ0) is 29.7. The van der Waals surface area contributed by atoms with E-state index in [-0.39, 0.29) is 18.1 Å². The number of hydrogen-bond donors (Lipinski definition) is 0. The molecule has 3 aliphatic carbocycles. The molecule has 1 unspecified atom stereocenters. The molecule has 0 spiro atoms. The summed E-state index contributed by atoms with van der Waals surface area (Å²) < 4.78 is 25.3. The van der Waals surface area contributed by atoms with Crippen molar-refractivity contribution in [3.05, 3.63) is 65.3 Å². The van der Waals surface area contributed by atoms with Crippen molar-refractivity contribution >= 4 is 23.8 Å². The van der Waals surface area contributed by atoms with Crippen LogP contribution in [0.4, 0.5) is 0 Å². The normalized spacial score (nSPS) is 36.3. The summed E-state index contributed by atoms with van der Waals surface area (Å²) in [6, 6.07) is 9.55. The van der Waals surface area contributed by atoms with Gasteiger partial charge in [0.1, 0.15) is 18.3 Å². The van der Waals surface area contributed by atoms with Crippen molar-refractivity contribution < 1.29 is 33.3 Å². The van der Waals surface area contributed by atoms with Gasteiger partial charge in [0.2, 0.25) is 0 Å². The molecular formula is C34H42O7. The molecule has 5 rings (SSSR count). The molecule has 0 N–H and O–H groups in total. The lowest BCUT2D eigenvalue weighted by molar-refractivity contribution is -0.177. The van der Waals surface area contributed by atoms with Crippen LogP contribution in [0.5, 0.6) is 0 Å². The third-order valence-corrected chi connectivity index (χ3v) is 9.95. The molecular weight excluding hydrogens is 520 g/mol. The summed E-state index contributed by atoms with van der Waals surface area (Å²) in [6.07, 6.45) is 2.83. The van der Waals surface area contributed by atoms with Crippen molar-refractivity contribution in [1.29, 1.82) is 0 Å². The van der Waals surface area contributed by atoms with Crippen LogP contribution in [0.3, 0.4) is 0 Å². The first-order valence-corrected chi connectivity index (χ1v) is 14.7. The summed E-state index contributed by atoms with van der Waals surface area (Å²) in [6.45, 7) is 16.2. The van der Waals surface area contributed by atoms with E-state index in [2.05, 4.69) is 27.4 Å². The number of carbonyl (C=O) groups excluding carboxylic acids is 3. The van der Waals surface area contributed by atoms with Crippen molar-refractivity contribution in [2.24, 2.45) is 22.7 Å². The second kappa shape index (κ2) is 11.0. The second-order valence-electron chi connectivity index (χ2n) is 12.8. The first kappa shape index (κ1) is 29.5. The third kappa shape index (κ3) is 5.12. The maximum Gasteiger partial charge on any atom is 0.331 e. The zero-order valence-corrected chi connectivity index (χ0v) is 25.0. The van der Waals surface area contributed by atoms with Crippen LogP contribution in [0.1, 0.15) is 72.8 Å². The Bertz CT molecular complexity index is 1290. The van der Waals surface area contributed by atoms with E-state index in [9.17, 15) is 14.4 Å². The van der Waals surface area contributed by atoms with Crippen LogP contribution in [-0.2, 0) is 33.3 Å². The Kier molecular flexibility index (Phi) is 7.90. The van der Waals surface area contributed by atoms with Crippen LogP contribution in [0, 0.1) is 22.7 Å². The number of benzene rings is 1. The van der Waals surface area contributed by atoms with Crippen molar-refractivity contribution in [3.8, 4) is 0 Å². The van der Waals surface area contributed by atoms with E-state index in [1.807, 2.05) is 44.2 Å². The van der Waals surface area contributed by atoms with Gasteiger partial charge >= 0.3 is 11.9 Å². The molecule has 2 bridgehead atoms. The zero-order valence-electron chi connectivity index (χ0n) is 25.0. The van der Waals surface area contributed by atoms with Gasteiger partial charge in [-0.2, -0.15) is 0 Å². The topological polar surface area (TPSA) is 88.1 Å². The molecule has 1 aromatic rings. The van der Waals surface area contributed by atoms with E-state index in [1.54, 1.807) is 6.08 Å². The minimum absolute atomic E-state index is 0.0304. The van der Waals surface area contributed by atoms with Crippen molar-refractivity contribution in [3.63, 3.8) is 0 Å². The minimum Gasteiger partial charge on any atom is -0.462 e. The van der Waals surface area contributed by atoms with Gasteiger partial charge in [-0.3, -0.25) is 9.59 Å². The van der Waals surface area contributed by atoms with Gasteiger partial charge in [0.05, 0.1) is 6.10 Å². The summed E-state index contributed by atoms with van der Waals surface area (Å²) in [5, 5.41) is 0. The number of hydrogen-bond acceptors (Lipinski definition) is 7. The Morgan fingerprint density at radius 1 is 1.12 bits per heavy atom. The molecule has 1 saturated heterocycles. The molecule has 7 nitrogen and oxygen atoms in total. The number of allylic oxidation sites excluding steroid dienone is 1. The molecule has 4 aliphatic rings. The minimum atomic E-state index is -0.654. The second-order valence-corrected chi connectivity index (χ2v) is 12.8. The average Bonchev–Trinajstić information content (AvgIpc) is 3.35. The van der Waals surface area contributed by atoms with Crippen LogP contribution >= 0.6 is 0 Å². The lowest BCUT2D eigenvalue weighted by Gasteiger charge is -2.58. The fourth-order valence-corrected chi connectivity index (χ4v) is 7.89. The first-order valence-electron chi connectivity index (χ1n) is 14.7. The molecule has 2 saturated carbocycles. The molecule has 220 valence electrons. The fraction of sp³-hybridized carbons (Fsp3) is 0.559. The third-order valence-electron chi connectivity index (χ3n) is 9.95. The van der Waals surface area contributed by atoms with Gasteiger partial charge in [0, 0.05) is 36.7 Å². The molecule has 7 heteroatoms. The van der Waals surface area contributed by atoms with Crippen molar-refractivity contribution in [2.45, 2.75) is 97.9 Å². The van der Waals surface area contributed by atoms with Gasteiger partial charge in [-0.15, -0.1) is 0 Å². The van der Waals surface area contributed by atoms with E-state index in [4.69, 9.17) is 18.9 Å². The molecule has 0 aromatic heterocycles. The number of esters is 2. The highest BCUT2D eigenvalue weighted by molar-refractivity contribution is 5.97. The van der Waals surface area contributed by atoms with Gasteiger partial charge in [-0.25, -0.2) is 4.79 Å². The number of Topliss-reactive ketones (excluding diaryl/α,β-unsaturated/α-hetero) is 1. The molecule has 41 heavy (non-hydrogen) atoms. The molecule has 1 aromatic carbocycles. The summed E-state index contributed by atoms with van der Waals surface area (Å²) in [5.41, 5.74) is 2.18. The predicted octanol–water partition coefficient (Wildman–Crippen LogP) is 5.98. The Morgan fingerprint density at radius 2 is 1.83 bits per heavy atom. The summed E-state index contributed by atoms with van der Waals surface area (Å²) in [5.74, 6) is -1.57. The maximum atomic E-state index is 13.5. The average molecular weight is 563 g/mol. The highest BCUT2D eigenvalue weighted by atomic mass is 16.7. The van der Waals surface area contributed by atoms with Crippen LogP contribution in [0.15, 0.2) is 59.7 Å². The van der Waals surface area contributed by atoms with Gasteiger partial charge in [0.15, 0.2) is 12.1 Å². The number of carbonyl (C=O) groups is 3. The predicted molar refractivity (Wildman–Crippen MR) is 154 cm³/mol. The highest BCUT2D eigenvalue weighted by Crippen LogP contribution is 2.61. The monoisotopic (exact) mass is 562 g/mol. The van der Waals surface area contributed by atoms with Crippen molar-refractivity contribution in [1.82, 2.24) is 0 Å². The fourth-order valence-electron chi connectivity index (χ4n) is 7.89. The molecule has 8 atom stereocenters. The van der Waals surface area contributed by atoms with Crippen LogP contribution in [-0.4, -0.2) is 48.4 Å². The molecule has 0 amide bonds. The summed E-state index contributed by atoms with van der Waals surface area (Å²) in [4.78, 5) is 39.0. The lowest BCUT2D eigenvalue weighted by atomic mass is 9.49. The quantitative estimate of drug-likeness (QED) is 0.248. The van der Waals surface area contributed by atoms with Crippen LogP contribution < -0.4 is 0 Å². The maximum absolute atomic E-state index is 13.5. The summed E-state index contributed by atoms with van der Waals surface area (Å²) in [7, 11) is 0. The van der Waals surface area contributed by atoms with Gasteiger partial charge < -0.3 is 18.9 Å². The Morgan fingerprint density at radius 3 is 2.49 bits per heavy atom.